The monoisotopic (exact) mass is 316 g/mol. The maximum Gasteiger partial charge on any atom is 0.391 e. The van der Waals surface area contributed by atoms with Crippen molar-refractivity contribution < 1.29 is 22.7 Å². The molecule has 1 aromatic carbocycles. The van der Waals surface area contributed by atoms with E-state index in [1.807, 2.05) is 0 Å². The zero-order valence-electron chi connectivity index (χ0n) is 12.2. The minimum atomic E-state index is -4.19. The molecule has 0 spiro atoms. The second kappa shape index (κ2) is 6.89. The molecule has 2 rings (SSSR count). The van der Waals surface area contributed by atoms with Crippen molar-refractivity contribution in [1.29, 1.82) is 0 Å². The van der Waals surface area contributed by atoms with E-state index in [0.717, 1.165) is 0 Å². The smallest absolute Gasteiger partial charge is 0.391 e. The molecule has 0 aromatic heterocycles. The molecule has 0 saturated heterocycles. The van der Waals surface area contributed by atoms with Gasteiger partial charge in [-0.25, -0.2) is 4.79 Å². The first-order chi connectivity index (χ1) is 10.4. The number of nitrogens with one attached hydrogen (secondary N) is 2. The molecule has 4 nitrogen and oxygen atoms in total. The van der Waals surface area contributed by atoms with Crippen LogP contribution in [0, 0.1) is 5.92 Å². The maximum atomic E-state index is 12.8. The zero-order chi connectivity index (χ0) is 16.2. The number of urea groups is 1. The van der Waals surface area contributed by atoms with Crippen molar-refractivity contribution in [2.45, 2.75) is 37.9 Å². The first kappa shape index (κ1) is 16.5. The van der Waals surface area contributed by atoms with Gasteiger partial charge in [-0.1, -0.05) is 18.6 Å². The van der Waals surface area contributed by atoms with Crippen molar-refractivity contribution in [3.05, 3.63) is 24.3 Å². The van der Waals surface area contributed by atoms with Crippen LogP contribution in [0.15, 0.2) is 24.3 Å². The van der Waals surface area contributed by atoms with Crippen molar-refractivity contribution >= 4 is 11.7 Å². The van der Waals surface area contributed by atoms with E-state index in [9.17, 15) is 18.0 Å². The third-order valence-electron chi connectivity index (χ3n) is 3.83. The van der Waals surface area contributed by atoms with Crippen LogP contribution in [0.1, 0.15) is 25.7 Å². The average molecular weight is 316 g/mol. The lowest BCUT2D eigenvalue weighted by Crippen LogP contribution is -2.43. The molecular formula is C15H19F3N2O2. The number of para-hydroxylation sites is 2. The van der Waals surface area contributed by atoms with E-state index in [2.05, 4.69) is 10.6 Å². The zero-order valence-corrected chi connectivity index (χ0v) is 12.2. The summed E-state index contributed by atoms with van der Waals surface area (Å²) in [5, 5.41) is 5.22. The first-order valence-corrected chi connectivity index (χ1v) is 7.17. The first-order valence-electron chi connectivity index (χ1n) is 7.17. The molecule has 0 bridgehead atoms. The van der Waals surface area contributed by atoms with Gasteiger partial charge < -0.3 is 15.4 Å². The number of methoxy groups -OCH3 is 1. The van der Waals surface area contributed by atoms with Gasteiger partial charge in [0, 0.05) is 6.04 Å². The fourth-order valence-electron chi connectivity index (χ4n) is 2.71. The molecule has 1 saturated carbocycles. The van der Waals surface area contributed by atoms with Crippen molar-refractivity contribution in [3.63, 3.8) is 0 Å². The highest BCUT2D eigenvalue weighted by Gasteiger charge is 2.42. The van der Waals surface area contributed by atoms with E-state index < -0.39 is 24.2 Å². The van der Waals surface area contributed by atoms with Crippen LogP contribution in [0.3, 0.4) is 0 Å². The van der Waals surface area contributed by atoms with Gasteiger partial charge in [-0.15, -0.1) is 0 Å². The summed E-state index contributed by atoms with van der Waals surface area (Å²) in [7, 11) is 1.48. The van der Waals surface area contributed by atoms with Gasteiger partial charge in [-0.3, -0.25) is 0 Å². The predicted octanol–water partition coefficient (Wildman–Crippen LogP) is 3.94. The Hall–Kier alpha value is -1.92. The summed E-state index contributed by atoms with van der Waals surface area (Å²) in [4.78, 5) is 11.9. The highest BCUT2D eigenvalue weighted by atomic mass is 19.4. The number of amides is 2. The van der Waals surface area contributed by atoms with E-state index >= 15 is 0 Å². The Kier molecular flexibility index (Phi) is 5.15. The number of benzene rings is 1. The summed E-state index contributed by atoms with van der Waals surface area (Å²) in [6.45, 7) is 0. The van der Waals surface area contributed by atoms with Crippen LogP contribution in [-0.2, 0) is 0 Å². The Morgan fingerprint density at radius 3 is 2.68 bits per heavy atom. The molecule has 22 heavy (non-hydrogen) atoms. The lowest BCUT2D eigenvalue weighted by molar-refractivity contribution is -0.183. The lowest BCUT2D eigenvalue weighted by Gasteiger charge is -2.31. The Morgan fingerprint density at radius 1 is 1.27 bits per heavy atom. The maximum absolute atomic E-state index is 12.8. The van der Waals surface area contributed by atoms with Crippen LogP contribution in [0.5, 0.6) is 5.75 Å². The number of halogens is 3. The summed E-state index contributed by atoms with van der Waals surface area (Å²) >= 11 is 0. The number of hydrogen-bond acceptors (Lipinski definition) is 2. The molecule has 0 radical (unpaired) electrons. The Morgan fingerprint density at radius 2 is 2.00 bits per heavy atom. The molecule has 2 amide bonds. The molecular weight excluding hydrogens is 297 g/mol. The van der Waals surface area contributed by atoms with Crippen molar-refractivity contribution in [2.75, 3.05) is 12.4 Å². The average Bonchev–Trinajstić information content (AvgIpc) is 2.47. The fraction of sp³-hybridized carbons (Fsp3) is 0.533. The van der Waals surface area contributed by atoms with Gasteiger partial charge >= 0.3 is 12.2 Å². The van der Waals surface area contributed by atoms with Crippen LogP contribution < -0.4 is 15.4 Å². The van der Waals surface area contributed by atoms with Crippen molar-refractivity contribution in [2.24, 2.45) is 5.92 Å². The Balaban J connectivity index is 1.92. The molecule has 2 N–H and O–H groups in total. The SMILES string of the molecule is COc1ccccc1NC(=O)NC1CCCC(C(F)(F)F)C1. The van der Waals surface area contributed by atoms with E-state index in [0.29, 0.717) is 24.3 Å². The van der Waals surface area contributed by atoms with Gasteiger partial charge in [0.15, 0.2) is 0 Å². The number of alkyl halides is 3. The fourth-order valence-corrected chi connectivity index (χ4v) is 2.71. The highest BCUT2D eigenvalue weighted by Crippen LogP contribution is 2.37. The minimum Gasteiger partial charge on any atom is -0.495 e. The normalized spacial score (nSPS) is 22.0. The second-order valence-corrected chi connectivity index (χ2v) is 5.40. The Bertz CT molecular complexity index is 520. The molecule has 0 heterocycles. The third kappa shape index (κ3) is 4.29. The van der Waals surface area contributed by atoms with Crippen molar-refractivity contribution in [1.82, 2.24) is 5.32 Å². The van der Waals surface area contributed by atoms with Gasteiger partial charge in [0.25, 0.3) is 0 Å². The van der Waals surface area contributed by atoms with Crippen LogP contribution in [0.2, 0.25) is 0 Å². The summed E-state index contributed by atoms with van der Waals surface area (Å²) in [6, 6.07) is 5.87. The number of carbonyl (C=O) groups is 1. The van der Waals surface area contributed by atoms with Gasteiger partial charge in [0.1, 0.15) is 5.75 Å². The molecule has 7 heteroatoms. The van der Waals surface area contributed by atoms with E-state index in [4.69, 9.17) is 4.74 Å². The van der Waals surface area contributed by atoms with Gasteiger partial charge in [0.05, 0.1) is 18.7 Å². The van der Waals surface area contributed by atoms with Gasteiger partial charge in [-0.05, 0) is 31.4 Å². The molecule has 122 valence electrons. The van der Waals surface area contributed by atoms with Gasteiger partial charge in [-0.2, -0.15) is 13.2 Å². The molecule has 1 aromatic rings. The molecule has 1 aliphatic carbocycles. The highest BCUT2D eigenvalue weighted by molar-refractivity contribution is 5.91. The summed E-state index contributed by atoms with van der Waals surface area (Å²) in [5.41, 5.74) is 0.477. The number of rotatable bonds is 3. The van der Waals surface area contributed by atoms with Crippen LogP contribution in [0.25, 0.3) is 0 Å². The number of hydrogen-bond donors (Lipinski definition) is 2. The molecule has 2 unspecified atom stereocenters. The third-order valence-corrected chi connectivity index (χ3v) is 3.83. The second-order valence-electron chi connectivity index (χ2n) is 5.40. The van der Waals surface area contributed by atoms with E-state index in [-0.39, 0.29) is 12.8 Å². The molecule has 1 fully saturated rings. The number of ether oxygens (including phenoxy) is 1. The standard InChI is InChI=1S/C15H19F3N2O2/c1-22-13-8-3-2-7-12(13)20-14(21)19-11-6-4-5-10(9-11)15(16,17)18/h2-3,7-8,10-11H,4-6,9H2,1H3,(H2,19,20,21). The van der Waals surface area contributed by atoms with E-state index in [1.54, 1.807) is 24.3 Å². The molecule has 1 aliphatic rings. The van der Waals surface area contributed by atoms with Gasteiger partial charge in [0.2, 0.25) is 0 Å². The summed E-state index contributed by atoms with van der Waals surface area (Å²) in [6.07, 6.45) is -3.10. The number of anilines is 1. The van der Waals surface area contributed by atoms with Crippen LogP contribution >= 0.6 is 0 Å². The summed E-state index contributed by atoms with van der Waals surface area (Å²) in [5.74, 6) is -0.840. The topological polar surface area (TPSA) is 50.4 Å². The Labute approximate surface area is 127 Å². The van der Waals surface area contributed by atoms with Crippen LogP contribution in [0.4, 0.5) is 23.7 Å². The quantitative estimate of drug-likeness (QED) is 0.887. The van der Waals surface area contributed by atoms with Crippen LogP contribution in [-0.4, -0.2) is 25.4 Å². The molecule has 0 aliphatic heterocycles. The number of carbonyl (C=O) groups excluding carboxylic acids is 1. The largest absolute Gasteiger partial charge is 0.495 e. The molecule has 2 atom stereocenters. The minimum absolute atomic E-state index is 0.0666. The lowest BCUT2D eigenvalue weighted by atomic mass is 9.85. The summed E-state index contributed by atoms with van der Waals surface area (Å²) < 4.78 is 43.4. The predicted molar refractivity (Wildman–Crippen MR) is 76.9 cm³/mol. The van der Waals surface area contributed by atoms with Crippen molar-refractivity contribution in [3.8, 4) is 5.75 Å². The van der Waals surface area contributed by atoms with E-state index in [1.165, 1.54) is 7.11 Å².